The van der Waals surface area contributed by atoms with Crippen molar-refractivity contribution in [3.8, 4) is 0 Å². The van der Waals surface area contributed by atoms with E-state index in [4.69, 9.17) is 19.3 Å². The molecule has 0 amide bonds. The molecule has 0 aromatic heterocycles. The molecular formula is C10H22O4. The maximum absolute atomic E-state index is 8.42. The van der Waals surface area contributed by atoms with E-state index >= 15 is 0 Å². The average molecular weight is 206 g/mol. The van der Waals surface area contributed by atoms with E-state index in [9.17, 15) is 0 Å². The molecule has 0 aliphatic carbocycles. The first-order valence-electron chi connectivity index (χ1n) is 5.17. The third-order valence-electron chi connectivity index (χ3n) is 1.70. The Morgan fingerprint density at radius 1 is 0.786 bits per heavy atom. The number of rotatable bonds is 11. The van der Waals surface area contributed by atoms with Crippen LogP contribution in [0.3, 0.4) is 0 Å². The van der Waals surface area contributed by atoms with Crippen molar-refractivity contribution in [1.29, 1.82) is 0 Å². The van der Waals surface area contributed by atoms with E-state index in [0.717, 1.165) is 39.1 Å². The van der Waals surface area contributed by atoms with Crippen molar-refractivity contribution in [2.75, 3.05) is 46.8 Å². The van der Waals surface area contributed by atoms with Gasteiger partial charge in [0.1, 0.15) is 0 Å². The highest BCUT2D eigenvalue weighted by atomic mass is 16.5. The summed E-state index contributed by atoms with van der Waals surface area (Å²) in [6, 6.07) is 0. The largest absolute Gasteiger partial charge is 0.394 e. The lowest BCUT2D eigenvalue weighted by Gasteiger charge is -2.04. The van der Waals surface area contributed by atoms with Crippen LogP contribution in [0.15, 0.2) is 0 Å². The molecule has 0 rings (SSSR count). The topological polar surface area (TPSA) is 47.9 Å². The van der Waals surface area contributed by atoms with Crippen LogP contribution >= 0.6 is 0 Å². The summed E-state index contributed by atoms with van der Waals surface area (Å²) in [6.07, 6.45) is 2.99. The van der Waals surface area contributed by atoms with Crippen LogP contribution in [0, 0.1) is 0 Å². The van der Waals surface area contributed by atoms with Gasteiger partial charge >= 0.3 is 0 Å². The van der Waals surface area contributed by atoms with Gasteiger partial charge in [0, 0.05) is 33.5 Å². The molecule has 0 aromatic carbocycles. The van der Waals surface area contributed by atoms with Crippen molar-refractivity contribution < 1.29 is 19.3 Å². The maximum Gasteiger partial charge on any atom is 0.0697 e. The molecule has 0 aromatic rings. The molecule has 0 atom stereocenters. The second-order valence-electron chi connectivity index (χ2n) is 3.00. The maximum atomic E-state index is 8.42. The van der Waals surface area contributed by atoms with Crippen LogP contribution in [0.1, 0.15) is 19.3 Å². The minimum absolute atomic E-state index is 0.0951. The molecular weight excluding hydrogens is 184 g/mol. The number of hydrogen-bond donors (Lipinski definition) is 1. The average Bonchev–Trinajstić information content (AvgIpc) is 2.21. The van der Waals surface area contributed by atoms with Gasteiger partial charge in [0.25, 0.3) is 0 Å². The number of aliphatic hydroxyl groups excluding tert-OH is 1. The molecule has 0 heterocycles. The van der Waals surface area contributed by atoms with Crippen molar-refractivity contribution in [3.63, 3.8) is 0 Å². The van der Waals surface area contributed by atoms with Gasteiger partial charge in [-0.25, -0.2) is 0 Å². The van der Waals surface area contributed by atoms with E-state index in [-0.39, 0.29) is 6.61 Å². The normalized spacial score (nSPS) is 10.7. The zero-order chi connectivity index (χ0) is 10.5. The lowest BCUT2D eigenvalue weighted by atomic mass is 10.3. The first kappa shape index (κ1) is 13.8. The van der Waals surface area contributed by atoms with Gasteiger partial charge in [-0.3, -0.25) is 0 Å². The molecule has 0 fully saturated rings. The van der Waals surface area contributed by atoms with Crippen molar-refractivity contribution in [1.82, 2.24) is 0 Å². The van der Waals surface area contributed by atoms with Gasteiger partial charge in [0.05, 0.1) is 13.2 Å². The molecule has 0 radical (unpaired) electrons. The number of hydrogen-bond acceptors (Lipinski definition) is 4. The number of methoxy groups -OCH3 is 1. The highest BCUT2D eigenvalue weighted by Gasteiger charge is 1.91. The van der Waals surface area contributed by atoms with Crippen LogP contribution in [-0.4, -0.2) is 51.9 Å². The molecule has 0 saturated carbocycles. The molecule has 4 nitrogen and oxygen atoms in total. The predicted molar refractivity (Wildman–Crippen MR) is 54.5 cm³/mol. The fourth-order valence-electron chi connectivity index (χ4n) is 0.982. The van der Waals surface area contributed by atoms with Gasteiger partial charge in [-0.05, 0) is 19.3 Å². The molecule has 0 saturated heterocycles. The molecule has 4 heteroatoms. The SMILES string of the molecule is COCCCCOCCCOCCO. The highest BCUT2D eigenvalue weighted by Crippen LogP contribution is 1.92. The standard InChI is InChI=1S/C10H22O4/c1-12-6-2-3-7-13-8-4-9-14-10-5-11/h11H,2-10H2,1H3. The second kappa shape index (κ2) is 12.8. The Morgan fingerprint density at radius 3 is 2.00 bits per heavy atom. The fraction of sp³-hybridized carbons (Fsp3) is 1.00. The van der Waals surface area contributed by atoms with Crippen molar-refractivity contribution >= 4 is 0 Å². The third-order valence-corrected chi connectivity index (χ3v) is 1.70. The smallest absolute Gasteiger partial charge is 0.0697 e. The van der Waals surface area contributed by atoms with Crippen LogP contribution in [0.4, 0.5) is 0 Å². The van der Waals surface area contributed by atoms with Crippen LogP contribution in [0.25, 0.3) is 0 Å². The number of unbranched alkanes of at least 4 members (excludes halogenated alkanes) is 1. The molecule has 0 spiro atoms. The van der Waals surface area contributed by atoms with E-state index in [0.29, 0.717) is 13.2 Å². The monoisotopic (exact) mass is 206 g/mol. The molecule has 0 aliphatic rings. The van der Waals surface area contributed by atoms with E-state index in [1.54, 1.807) is 7.11 Å². The summed E-state index contributed by atoms with van der Waals surface area (Å²) in [7, 11) is 1.71. The van der Waals surface area contributed by atoms with Crippen LogP contribution in [0.5, 0.6) is 0 Å². The second-order valence-corrected chi connectivity index (χ2v) is 3.00. The summed E-state index contributed by atoms with van der Waals surface area (Å²) in [5.74, 6) is 0. The molecule has 14 heavy (non-hydrogen) atoms. The summed E-state index contributed by atoms with van der Waals surface area (Å²) < 4.78 is 15.4. The lowest BCUT2D eigenvalue weighted by Crippen LogP contribution is -2.05. The van der Waals surface area contributed by atoms with Gasteiger partial charge < -0.3 is 19.3 Å². The van der Waals surface area contributed by atoms with Gasteiger partial charge in [-0.2, -0.15) is 0 Å². The van der Waals surface area contributed by atoms with E-state index < -0.39 is 0 Å². The van der Waals surface area contributed by atoms with Gasteiger partial charge in [-0.15, -0.1) is 0 Å². The fourth-order valence-corrected chi connectivity index (χ4v) is 0.982. The summed E-state index contributed by atoms with van der Waals surface area (Å²) in [4.78, 5) is 0. The number of ether oxygens (including phenoxy) is 3. The minimum Gasteiger partial charge on any atom is -0.394 e. The van der Waals surface area contributed by atoms with Gasteiger partial charge in [-0.1, -0.05) is 0 Å². The molecule has 86 valence electrons. The highest BCUT2D eigenvalue weighted by molar-refractivity contribution is 4.39. The van der Waals surface area contributed by atoms with Gasteiger partial charge in [0.15, 0.2) is 0 Å². The first-order valence-corrected chi connectivity index (χ1v) is 5.17. The Labute approximate surface area is 86.2 Å². The Morgan fingerprint density at radius 2 is 1.36 bits per heavy atom. The Kier molecular flexibility index (Phi) is 12.7. The lowest BCUT2D eigenvalue weighted by molar-refractivity contribution is 0.0616. The van der Waals surface area contributed by atoms with Crippen LogP contribution in [-0.2, 0) is 14.2 Å². The Bertz CT molecular complexity index is 86.1. The van der Waals surface area contributed by atoms with E-state index in [1.165, 1.54) is 0 Å². The Balaban J connectivity index is 2.78. The zero-order valence-corrected chi connectivity index (χ0v) is 9.04. The minimum atomic E-state index is 0.0951. The third kappa shape index (κ3) is 11.8. The summed E-state index contributed by atoms with van der Waals surface area (Å²) >= 11 is 0. The van der Waals surface area contributed by atoms with E-state index in [2.05, 4.69) is 0 Å². The van der Waals surface area contributed by atoms with Crippen molar-refractivity contribution in [2.45, 2.75) is 19.3 Å². The molecule has 0 aliphatic heterocycles. The van der Waals surface area contributed by atoms with Crippen LogP contribution in [0.2, 0.25) is 0 Å². The quantitative estimate of drug-likeness (QED) is 0.509. The predicted octanol–water partition coefficient (Wildman–Crippen LogP) is 0.829. The molecule has 1 N–H and O–H groups in total. The van der Waals surface area contributed by atoms with Crippen molar-refractivity contribution in [2.24, 2.45) is 0 Å². The molecule has 0 unspecified atom stereocenters. The van der Waals surface area contributed by atoms with Gasteiger partial charge in [0.2, 0.25) is 0 Å². The number of aliphatic hydroxyl groups is 1. The molecule has 0 bridgehead atoms. The summed E-state index contributed by atoms with van der Waals surface area (Å²) in [6.45, 7) is 3.52. The van der Waals surface area contributed by atoms with Crippen LogP contribution < -0.4 is 0 Å². The zero-order valence-electron chi connectivity index (χ0n) is 9.04. The first-order chi connectivity index (χ1) is 6.91. The van der Waals surface area contributed by atoms with E-state index in [1.807, 2.05) is 0 Å². The van der Waals surface area contributed by atoms with Crippen molar-refractivity contribution in [3.05, 3.63) is 0 Å². The Hall–Kier alpha value is -0.160. The summed E-state index contributed by atoms with van der Waals surface area (Å²) in [5, 5.41) is 8.42. The summed E-state index contributed by atoms with van der Waals surface area (Å²) in [5.41, 5.74) is 0.